The van der Waals surface area contributed by atoms with Crippen LogP contribution >= 0.6 is 11.3 Å². The van der Waals surface area contributed by atoms with Crippen molar-refractivity contribution >= 4 is 35.0 Å². The minimum Gasteiger partial charge on any atom is -0.446 e. The lowest BCUT2D eigenvalue weighted by Crippen LogP contribution is -2.48. The summed E-state index contributed by atoms with van der Waals surface area (Å²) in [6.07, 6.45) is 1.60. The van der Waals surface area contributed by atoms with Crippen LogP contribution in [0.15, 0.2) is 46.4 Å². The fraction of sp³-hybridized carbons (Fsp3) is 0.467. The third-order valence-corrected chi connectivity index (χ3v) is 8.01. The molecule has 1 aliphatic heterocycles. The zero-order valence-corrected chi connectivity index (χ0v) is 26.2. The van der Waals surface area contributed by atoms with Gasteiger partial charge in [0.2, 0.25) is 17.7 Å². The van der Waals surface area contributed by atoms with Gasteiger partial charge in [-0.1, -0.05) is 44.2 Å². The van der Waals surface area contributed by atoms with Crippen molar-refractivity contribution in [3.63, 3.8) is 0 Å². The molecule has 2 atom stereocenters. The van der Waals surface area contributed by atoms with E-state index in [1.807, 2.05) is 44.2 Å². The van der Waals surface area contributed by atoms with Gasteiger partial charge in [0, 0.05) is 38.5 Å². The molecule has 4 bridgehead atoms. The van der Waals surface area contributed by atoms with E-state index in [0.717, 1.165) is 5.56 Å². The second-order valence-corrected chi connectivity index (χ2v) is 11.8. The van der Waals surface area contributed by atoms with E-state index in [9.17, 15) is 19.2 Å². The van der Waals surface area contributed by atoms with Crippen molar-refractivity contribution in [2.45, 2.75) is 32.4 Å². The summed E-state index contributed by atoms with van der Waals surface area (Å²) in [5, 5.41) is 10.9. The Balaban J connectivity index is 1.63. The molecule has 0 aliphatic carbocycles. The third-order valence-electron chi connectivity index (χ3n) is 7.08. The lowest BCUT2D eigenvalue weighted by atomic mass is 10.0. The normalized spacial score (nSPS) is 18.4. The Morgan fingerprint density at radius 2 is 1.91 bits per heavy atom. The third kappa shape index (κ3) is 8.94. The molecule has 4 amide bonds. The fourth-order valence-electron chi connectivity index (χ4n) is 4.62. The summed E-state index contributed by atoms with van der Waals surface area (Å²) in [4.78, 5) is 65.0. The van der Waals surface area contributed by atoms with Crippen molar-refractivity contribution < 1.29 is 28.3 Å². The van der Waals surface area contributed by atoms with Crippen LogP contribution in [0.4, 0.5) is 0 Å². The van der Waals surface area contributed by atoms with Crippen molar-refractivity contribution in [3.05, 3.63) is 69.8 Å². The zero-order valence-electron chi connectivity index (χ0n) is 25.4. The molecule has 3 N–H and O–H groups in total. The average molecular weight is 626 g/mol. The Morgan fingerprint density at radius 3 is 2.64 bits per heavy atom. The van der Waals surface area contributed by atoms with Gasteiger partial charge in [0.15, 0.2) is 5.69 Å². The minimum atomic E-state index is -0.681. The number of carbonyl (C=O) groups is 4. The molecule has 1 aromatic carbocycles. The number of fused-ring (bicyclic) bond motifs is 4. The van der Waals surface area contributed by atoms with E-state index in [1.54, 1.807) is 24.4 Å². The van der Waals surface area contributed by atoms with Crippen molar-refractivity contribution in [2.75, 3.05) is 53.5 Å². The zero-order chi connectivity index (χ0) is 31.6. The highest BCUT2D eigenvalue weighted by molar-refractivity contribution is 7.09. The Kier molecular flexibility index (Phi) is 11.6. The van der Waals surface area contributed by atoms with Crippen LogP contribution in [0.5, 0.6) is 0 Å². The van der Waals surface area contributed by atoms with Crippen LogP contribution < -0.4 is 16.0 Å². The number of thiazole rings is 1. The number of hydrogen-bond donors (Lipinski definition) is 3. The molecule has 236 valence electrons. The number of ether oxygens (including phenoxy) is 1. The Bertz CT molecular complexity index is 1430. The Morgan fingerprint density at radius 1 is 1.14 bits per heavy atom. The van der Waals surface area contributed by atoms with Crippen LogP contribution in [0.1, 0.15) is 63.4 Å². The van der Waals surface area contributed by atoms with Gasteiger partial charge >= 0.3 is 0 Å². The molecule has 14 heteroatoms. The molecule has 0 unspecified atom stereocenters. The number of rotatable bonds is 8. The number of hydrogen-bond acceptors (Lipinski definition) is 10. The van der Waals surface area contributed by atoms with Crippen molar-refractivity contribution in [2.24, 2.45) is 5.92 Å². The van der Waals surface area contributed by atoms with Gasteiger partial charge in [-0.15, -0.1) is 11.3 Å². The lowest BCUT2D eigenvalue weighted by Gasteiger charge is -2.27. The van der Waals surface area contributed by atoms with Gasteiger partial charge in [0.25, 0.3) is 11.8 Å². The molecule has 0 saturated heterocycles. The Labute approximate surface area is 260 Å². The van der Waals surface area contributed by atoms with Crippen molar-refractivity contribution in [3.8, 4) is 0 Å². The molecule has 0 saturated carbocycles. The number of benzene rings is 1. The van der Waals surface area contributed by atoms with E-state index in [4.69, 9.17) is 9.15 Å². The summed E-state index contributed by atoms with van der Waals surface area (Å²) in [6.45, 7) is 4.90. The summed E-state index contributed by atoms with van der Waals surface area (Å²) in [6, 6.07) is 8.37. The predicted octanol–water partition coefficient (Wildman–Crippen LogP) is 1.81. The molecule has 1 aliphatic rings. The molecular weight excluding hydrogens is 586 g/mol. The van der Waals surface area contributed by atoms with Crippen LogP contribution in [0.25, 0.3) is 0 Å². The number of nitrogens with zero attached hydrogens (tertiary/aromatic N) is 4. The van der Waals surface area contributed by atoms with Gasteiger partial charge in [-0.3, -0.25) is 24.1 Å². The first-order chi connectivity index (χ1) is 21.1. The number of oxazole rings is 1. The van der Waals surface area contributed by atoms with Gasteiger partial charge in [-0.25, -0.2) is 9.97 Å². The Hall–Kier alpha value is -4.14. The lowest BCUT2D eigenvalue weighted by molar-refractivity contribution is -0.137. The first-order valence-electron chi connectivity index (χ1n) is 14.4. The van der Waals surface area contributed by atoms with Crippen LogP contribution in [-0.4, -0.2) is 96.9 Å². The smallest absolute Gasteiger partial charge is 0.273 e. The highest BCUT2D eigenvalue weighted by Crippen LogP contribution is 2.26. The largest absolute Gasteiger partial charge is 0.446 e. The number of nitrogens with one attached hydrogen (secondary N) is 3. The fourth-order valence-corrected chi connectivity index (χ4v) is 5.64. The molecule has 3 heterocycles. The van der Waals surface area contributed by atoms with Gasteiger partial charge in [0.05, 0.1) is 25.7 Å². The molecule has 4 rings (SSSR count). The quantitative estimate of drug-likeness (QED) is 0.339. The van der Waals surface area contributed by atoms with Crippen LogP contribution in [0.2, 0.25) is 0 Å². The molecule has 0 spiro atoms. The van der Waals surface area contributed by atoms with E-state index in [0.29, 0.717) is 24.6 Å². The summed E-state index contributed by atoms with van der Waals surface area (Å²) < 4.78 is 10.8. The number of likely N-dealkylation sites (N-methyl/N-ethyl adjacent to an activating group) is 1. The van der Waals surface area contributed by atoms with E-state index in [1.165, 1.54) is 22.5 Å². The van der Waals surface area contributed by atoms with Crippen molar-refractivity contribution in [1.29, 1.82) is 0 Å². The summed E-state index contributed by atoms with van der Waals surface area (Å²) in [5.74, 6) is -1.48. The van der Waals surface area contributed by atoms with E-state index >= 15 is 0 Å². The molecule has 13 nitrogen and oxygen atoms in total. The van der Waals surface area contributed by atoms with Crippen LogP contribution in [-0.2, 0) is 20.7 Å². The number of aromatic nitrogens is 2. The highest BCUT2D eigenvalue weighted by atomic mass is 32.1. The number of carbonyl (C=O) groups excluding carboxylic acids is 4. The predicted molar refractivity (Wildman–Crippen MR) is 163 cm³/mol. The molecule has 0 radical (unpaired) electrons. The van der Waals surface area contributed by atoms with E-state index in [2.05, 4.69) is 25.9 Å². The maximum Gasteiger partial charge on any atom is 0.273 e. The highest BCUT2D eigenvalue weighted by Gasteiger charge is 2.28. The van der Waals surface area contributed by atoms with Crippen LogP contribution in [0.3, 0.4) is 0 Å². The number of methoxy groups -OCH3 is 1. The SMILES string of the molecule is COCCN(C)CC(=O)N1CCNC(=O)c2coc(n2)[C@H](Cc2ccccc2)NC(=O)c2csc(n2)[C@H](C(C)C)NC(=O)C1. The van der Waals surface area contributed by atoms with E-state index < -0.39 is 23.9 Å². The van der Waals surface area contributed by atoms with Gasteiger partial charge in [-0.2, -0.15) is 0 Å². The summed E-state index contributed by atoms with van der Waals surface area (Å²) in [5.41, 5.74) is 1.15. The second-order valence-electron chi connectivity index (χ2n) is 10.9. The maximum atomic E-state index is 13.4. The van der Waals surface area contributed by atoms with E-state index in [-0.39, 0.29) is 61.2 Å². The number of amides is 4. The first kappa shape index (κ1) is 32.8. The maximum absolute atomic E-state index is 13.4. The monoisotopic (exact) mass is 625 g/mol. The summed E-state index contributed by atoms with van der Waals surface area (Å²) in [7, 11) is 3.38. The molecule has 2 aromatic heterocycles. The molecule has 44 heavy (non-hydrogen) atoms. The average Bonchev–Trinajstić information content (AvgIpc) is 3.69. The molecule has 0 fully saturated rings. The first-order valence-corrected chi connectivity index (χ1v) is 15.3. The van der Waals surface area contributed by atoms with Gasteiger partial charge < -0.3 is 30.0 Å². The minimum absolute atomic E-state index is 0.0269. The molecular formula is C30H39N7O6S. The second kappa shape index (κ2) is 15.5. The molecule has 3 aromatic rings. The summed E-state index contributed by atoms with van der Waals surface area (Å²) >= 11 is 1.27. The van der Waals surface area contributed by atoms with Gasteiger partial charge in [0.1, 0.15) is 23.0 Å². The van der Waals surface area contributed by atoms with Crippen LogP contribution in [0, 0.1) is 5.92 Å². The standard InChI is InChI=1S/C30H39N7O6S/c1-19(2)26-30-34-23(18-44-30)28(41)32-21(14-20-8-6-5-7-9-20)29-33-22(17-43-29)27(40)31-10-11-37(15-24(38)35-26)25(39)16-36(3)12-13-42-4/h5-9,17-19,21,26H,10-16H2,1-4H3,(H,31,40)(H,32,41)(H,35,38)/t21-,26-/m0/s1. The van der Waals surface area contributed by atoms with Crippen molar-refractivity contribution in [1.82, 2.24) is 35.7 Å². The topological polar surface area (TPSA) is 159 Å². The van der Waals surface area contributed by atoms with Gasteiger partial charge in [-0.05, 0) is 18.5 Å².